The predicted molar refractivity (Wildman–Crippen MR) is 61.2 cm³/mol. The van der Waals surface area contributed by atoms with Crippen LogP contribution in [0.3, 0.4) is 0 Å². The lowest BCUT2D eigenvalue weighted by molar-refractivity contribution is 0.0998. The fourth-order valence-corrected chi connectivity index (χ4v) is 3.21. The Morgan fingerprint density at radius 1 is 1.44 bits per heavy atom. The van der Waals surface area contributed by atoms with E-state index in [1.54, 1.807) is 12.1 Å². The van der Waals surface area contributed by atoms with Gasteiger partial charge in [-0.15, -0.1) is 0 Å². The van der Waals surface area contributed by atoms with Crippen molar-refractivity contribution >= 4 is 37.4 Å². The molecular formula is C9H8N2O3S2. The van der Waals surface area contributed by atoms with E-state index < -0.39 is 15.7 Å². The number of carbonyl (C=O) groups excluding carboxylic acids is 1. The first kappa shape index (κ1) is 11.0. The van der Waals surface area contributed by atoms with Crippen LogP contribution in [-0.4, -0.2) is 25.0 Å². The molecule has 1 amide bonds. The second-order valence-corrected chi connectivity index (χ2v) is 6.09. The van der Waals surface area contributed by atoms with Crippen molar-refractivity contribution in [2.75, 3.05) is 6.26 Å². The topological polar surface area (TPSA) is 90.1 Å². The molecule has 7 heteroatoms. The number of nitrogens with two attached hydrogens (primary N) is 1. The van der Waals surface area contributed by atoms with Crippen LogP contribution in [0, 0.1) is 0 Å². The number of nitrogens with zero attached hydrogens (tertiary/aromatic N) is 1. The Kier molecular flexibility index (Phi) is 2.43. The molecule has 0 saturated heterocycles. The summed E-state index contributed by atoms with van der Waals surface area (Å²) < 4.78 is 27.6. The highest BCUT2D eigenvalue weighted by Crippen LogP contribution is 2.28. The molecule has 1 aromatic heterocycles. The van der Waals surface area contributed by atoms with Crippen LogP contribution >= 0.6 is 11.5 Å². The number of primary amides is 1. The Balaban J connectivity index is 2.95. The highest BCUT2D eigenvalue weighted by molar-refractivity contribution is 7.91. The molecular weight excluding hydrogens is 248 g/mol. The van der Waals surface area contributed by atoms with Gasteiger partial charge >= 0.3 is 0 Å². The minimum Gasteiger partial charge on any atom is -0.364 e. The number of benzene rings is 1. The number of sulfone groups is 1. The zero-order valence-corrected chi connectivity index (χ0v) is 9.93. The van der Waals surface area contributed by atoms with Crippen molar-refractivity contribution in [3.8, 4) is 0 Å². The lowest BCUT2D eigenvalue weighted by Crippen LogP contribution is -2.12. The van der Waals surface area contributed by atoms with Gasteiger partial charge in [0.25, 0.3) is 5.91 Å². The molecule has 0 aliphatic heterocycles. The zero-order valence-electron chi connectivity index (χ0n) is 8.30. The molecule has 2 rings (SSSR count). The molecule has 0 saturated carbocycles. The molecule has 2 N–H and O–H groups in total. The van der Waals surface area contributed by atoms with Gasteiger partial charge in [0.15, 0.2) is 15.5 Å². The summed E-state index contributed by atoms with van der Waals surface area (Å²) in [7, 11) is -3.40. The SMILES string of the molecule is CS(=O)(=O)c1cccc2snc(C(N)=O)c12. The molecule has 16 heavy (non-hydrogen) atoms. The van der Waals surface area contributed by atoms with Gasteiger partial charge in [-0.1, -0.05) is 6.07 Å². The molecule has 0 aliphatic rings. The van der Waals surface area contributed by atoms with Crippen LogP contribution in [0.2, 0.25) is 0 Å². The maximum Gasteiger partial charge on any atom is 0.269 e. The number of carbonyl (C=O) groups is 1. The largest absolute Gasteiger partial charge is 0.364 e. The first-order valence-corrected chi connectivity index (χ1v) is 6.96. The van der Waals surface area contributed by atoms with E-state index in [1.165, 1.54) is 6.07 Å². The van der Waals surface area contributed by atoms with Gasteiger partial charge < -0.3 is 5.73 Å². The molecule has 0 spiro atoms. The Hall–Kier alpha value is -1.47. The Morgan fingerprint density at radius 2 is 2.12 bits per heavy atom. The number of hydrogen-bond acceptors (Lipinski definition) is 5. The highest BCUT2D eigenvalue weighted by Gasteiger charge is 2.19. The monoisotopic (exact) mass is 256 g/mol. The van der Waals surface area contributed by atoms with E-state index in [9.17, 15) is 13.2 Å². The summed E-state index contributed by atoms with van der Waals surface area (Å²) in [6, 6.07) is 4.76. The smallest absolute Gasteiger partial charge is 0.269 e. The molecule has 1 aromatic carbocycles. The summed E-state index contributed by atoms with van der Waals surface area (Å²) in [6.07, 6.45) is 1.09. The number of fused-ring (bicyclic) bond motifs is 1. The summed E-state index contributed by atoms with van der Waals surface area (Å²) >= 11 is 1.06. The average Bonchev–Trinajstić information content (AvgIpc) is 2.58. The molecule has 0 unspecified atom stereocenters. The summed E-state index contributed by atoms with van der Waals surface area (Å²) in [6.45, 7) is 0. The van der Waals surface area contributed by atoms with Crippen LogP contribution in [-0.2, 0) is 9.84 Å². The van der Waals surface area contributed by atoms with E-state index in [0.717, 1.165) is 17.8 Å². The second-order valence-electron chi connectivity index (χ2n) is 3.30. The molecule has 1 heterocycles. The highest BCUT2D eigenvalue weighted by atomic mass is 32.2. The van der Waals surface area contributed by atoms with Gasteiger partial charge in [-0.05, 0) is 23.7 Å². The van der Waals surface area contributed by atoms with Gasteiger partial charge in [0.1, 0.15) is 0 Å². The van der Waals surface area contributed by atoms with Crippen molar-refractivity contribution in [3.05, 3.63) is 23.9 Å². The third-order valence-corrected chi connectivity index (χ3v) is 4.04. The van der Waals surface area contributed by atoms with Crippen molar-refractivity contribution < 1.29 is 13.2 Å². The van der Waals surface area contributed by atoms with Crippen molar-refractivity contribution in [2.24, 2.45) is 5.73 Å². The number of hydrogen-bond donors (Lipinski definition) is 1. The maximum atomic E-state index is 11.5. The van der Waals surface area contributed by atoms with Gasteiger partial charge in [-0.3, -0.25) is 4.79 Å². The average molecular weight is 256 g/mol. The molecule has 84 valence electrons. The summed E-state index contributed by atoms with van der Waals surface area (Å²) in [4.78, 5) is 11.2. The maximum absolute atomic E-state index is 11.5. The lowest BCUT2D eigenvalue weighted by Gasteiger charge is -2.00. The van der Waals surface area contributed by atoms with Crippen LogP contribution in [0.1, 0.15) is 10.5 Å². The number of amides is 1. The van der Waals surface area contributed by atoms with Crippen LogP contribution in [0.5, 0.6) is 0 Å². The van der Waals surface area contributed by atoms with Gasteiger partial charge in [-0.2, -0.15) is 4.37 Å². The van der Waals surface area contributed by atoms with E-state index in [4.69, 9.17) is 5.73 Å². The van der Waals surface area contributed by atoms with Crippen molar-refractivity contribution in [1.29, 1.82) is 0 Å². The van der Waals surface area contributed by atoms with E-state index in [0.29, 0.717) is 10.1 Å². The summed E-state index contributed by atoms with van der Waals surface area (Å²) in [5.41, 5.74) is 5.16. The fourth-order valence-electron chi connectivity index (χ4n) is 1.44. The minimum absolute atomic E-state index is 0.0148. The van der Waals surface area contributed by atoms with E-state index in [1.807, 2.05) is 0 Å². The standard InChI is InChI=1S/C9H8N2O3S2/c1-16(13,14)6-4-2-3-5-7(6)8(9(10)12)11-15-5/h2-4H,1H3,(H2,10,12). The molecule has 0 atom stereocenters. The summed E-state index contributed by atoms with van der Waals surface area (Å²) in [5.74, 6) is -0.720. The molecule has 0 aliphatic carbocycles. The Bertz CT molecular complexity index is 673. The van der Waals surface area contributed by atoms with E-state index in [-0.39, 0.29) is 10.6 Å². The van der Waals surface area contributed by atoms with Gasteiger partial charge in [0.2, 0.25) is 0 Å². The fraction of sp³-hybridized carbons (Fsp3) is 0.111. The molecule has 0 fully saturated rings. The van der Waals surface area contributed by atoms with Crippen LogP contribution in [0.25, 0.3) is 10.1 Å². The number of aromatic nitrogens is 1. The lowest BCUT2D eigenvalue weighted by atomic mass is 10.2. The molecule has 0 bridgehead atoms. The second kappa shape index (κ2) is 3.53. The number of rotatable bonds is 2. The first-order valence-electron chi connectivity index (χ1n) is 4.29. The third-order valence-electron chi connectivity index (χ3n) is 2.09. The normalized spacial score (nSPS) is 11.8. The van der Waals surface area contributed by atoms with Crippen molar-refractivity contribution in [2.45, 2.75) is 4.90 Å². The van der Waals surface area contributed by atoms with Crippen molar-refractivity contribution in [3.63, 3.8) is 0 Å². The molecule has 2 aromatic rings. The van der Waals surface area contributed by atoms with Gasteiger partial charge in [0.05, 0.1) is 9.60 Å². The van der Waals surface area contributed by atoms with Crippen molar-refractivity contribution in [1.82, 2.24) is 4.37 Å². The predicted octanol–water partition coefficient (Wildman–Crippen LogP) is 0.799. The quantitative estimate of drug-likeness (QED) is 0.860. The Labute approximate surface area is 96.0 Å². The molecule has 5 nitrogen and oxygen atoms in total. The van der Waals surface area contributed by atoms with E-state index in [2.05, 4.69) is 4.37 Å². The Morgan fingerprint density at radius 3 is 2.69 bits per heavy atom. The van der Waals surface area contributed by atoms with Gasteiger partial charge in [0, 0.05) is 11.6 Å². The summed E-state index contributed by atoms with van der Waals surface area (Å²) in [5, 5.41) is 0.322. The third kappa shape index (κ3) is 1.68. The minimum atomic E-state index is -3.40. The van der Waals surface area contributed by atoms with Crippen LogP contribution < -0.4 is 5.73 Å². The van der Waals surface area contributed by atoms with Crippen LogP contribution in [0.15, 0.2) is 23.1 Å². The van der Waals surface area contributed by atoms with Gasteiger partial charge in [-0.25, -0.2) is 8.42 Å². The van der Waals surface area contributed by atoms with E-state index >= 15 is 0 Å². The van der Waals surface area contributed by atoms with Crippen LogP contribution in [0.4, 0.5) is 0 Å². The molecule has 0 radical (unpaired) electrons. The first-order chi connectivity index (χ1) is 7.41. The zero-order chi connectivity index (χ0) is 11.9.